The van der Waals surface area contributed by atoms with Gasteiger partial charge < -0.3 is 104 Å². The van der Waals surface area contributed by atoms with Crippen LogP contribution in [0.5, 0.6) is 0 Å². The predicted molar refractivity (Wildman–Crippen MR) is 252 cm³/mol. The zero-order valence-electron chi connectivity index (χ0n) is 42.2. The molecule has 22 nitrogen and oxygen atoms in total. The van der Waals surface area contributed by atoms with E-state index in [1.807, 2.05) is 0 Å². The number of aliphatic hydroxyl groups excluding tert-OH is 12. The fourth-order valence-electron chi connectivity index (χ4n) is 16.1. The van der Waals surface area contributed by atoms with Gasteiger partial charge in [0.2, 0.25) is 0 Å². The minimum absolute atomic E-state index is 0. The van der Waals surface area contributed by atoms with Crippen molar-refractivity contribution in [2.75, 3.05) is 33.0 Å². The molecule has 10 rings (SSSR count). The third kappa shape index (κ3) is 9.90. The number of aliphatic hydroxyl groups is 12. The maximum Gasteiger partial charge on any atom is 0.187 e. The van der Waals surface area contributed by atoms with E-state index in [0.29, 0.717) is 47.8 Å². The maximum absolute atomic E-state index is 11.8. The van der Waals surface area contributed by atoms with E-state index in [4.69, 9.17) is 42.6 Å². The number of hydrogen-bond donors (Lipinski definition) is 13. The first-order valence-corrected chi connectivity index (χ1v) is 26.8. The third-order valence-corrected chi connectivity index (χ3v) is 20.2. The van der Waals surface area contributed by atoms with E-state index in [1.165, 1.54) is 19.3 Å². The van der Waals surface area contributed by atoms with Crippen LogP contribution in [0.25, 0.3) is 0 Å². The molecule has 13 N–H and O–H groups in total. The fraction of sp³-hybridized carbons (Fsp3) is 1.00. The molecule has 0 aromatic carbocycles. The van der Waals surface area contributed by atoms with E-state index < -0.39 is 143 Å². The van der Waals surface area contributed by atoms with Crippen LogP contribution in [0.1, 0.15) is 91.9 Å². The zero-order chi connectivity index (χ0) is 51.3. The second kappa shape index (κ2) is 22.2. The summed E-state index contributed by atoms with van der Waals surface area (Å²) in [6.07, 6.45) is -22.4. The molecule has 4 saturated carbocycles. The molecule has 1 unspecified atom stereocenters. The smallest absolute Gasteiger partial charge is 0.187 e. The van der Waals surface area contributed by atoms with Gasteiger partial charge in [0.15, 0.2) is 25.2 Å². The van der Waals surface area contributed by atoms with Gasteiger partial charge in [-0.15, -0.1) is 12.4 Å². The molecule has 0 radical (unpaired) electrons. The Balaban J connectivity index is 0.00000656. The first kappa shape index (κ1) is 57.1. The summed E-state index contributed by atoms with van der Waals surface area (Å²) in [5.74, 6) is 3.87. The average Bonchev–Trinajstić information content (AvgIpc) is 3.82. The highest BCUT2D eigenvalue weighted by Gasteiger charge is 2.69. The third-order valence-electron chi connectivity index (χ3n) is 20.2. The summed E-state index contributed by atoms with van der Waals surface area (Å²) >= 11 is 0. The van der Waals surface area contributed by atoms with E-state index in [0.717, 1.165) is 45.1 Å². The molecular weight excluding hydrogens is 986 g/mol. The van der Waals surface area contributed by atoms with Crippen molar-refractivity contribution in [3.05, 3.63) is 0 Å². The number of hydrogen-bond acceptors (Lipinski definition) is 22. The molecule has 0 bridgehead atoms. The lowest BCUT2D eigenvalue weighted by Crippen LogP contribution is -2.68. The van der Waals surface area contributed by atoms with E-state index in [1.54, 1.807) is 0 Å². The standard InChI is InChI=1S/C50H83NO21.ClH/c1-20-7-12-50(51-15-20)21(2)32-28(72-50)14-26-24-6-5-22-13-23(8-10-48(22,3)25(24)9-11-49(26,32)4)65-45-40(63)37(60)41(31(18-54)68-45)69-47-43(71-46-39(62)36(59)34(57)29(16-52)66-46)42(35(58)30(17-53)67-47)70-44-38(61)33(56)27(55)19-64-44;/h20-47,51-63H,5-19H2,1-4H3;1H/t20-,21-,22-,23-,24+,25-,26-,27+,28-,29+,30+,31+,32-,33-,34+,35+,36-,37+,38+,39+,40+,41-,42-,43+,44-,45+,46-,47-,48-,49-,50?;/m0./s1. The topological polar surface area (TPSA) is 338 Å². The van der Waals surface area contributed by atoms with Crippen molar-refractivity contribution in [2.45, 2.75) is 227 Å². The zero-order valence-corrected chi connectivity index (χ0v) is 43.0. The number of piperidine rings is 1. The van der Waals surface area contributed by atoms with Crippen molar-refractivity contribution in [1.29, 1.82) is 0 Å². The Morgan fingerprint density at radius 3 is 1.86 bits per heavy atom. The van der Waals surface area contributed by atoms with Crippen molar-refractivity contribution in [1.82, 2.24) is 5.32 Å². The van der Waals surface area contributed by atoms with Crippen LogP contribution in [-0.4, -0.2) is 229 Å². The molecule has 0 aromatic heterocycles. The van der Waals surface area contributed by atoms with Crippen LogP contribution < -0.4 is 5.32 Å². The van der Waals surface area contributed by atoms with E-state index in [2.05, 4.69) is 33.0 Å². The molecule has 6 aliphatic heterocycles. The van der Waals surface area contributed by atoms with Crippen LogP contribution in [0.2, 0.25) is 0 Å². The van der Waals surface area contributed by atoms with E-state index in [-0.39, 0.29) is 41.2 Å². The lowest BCUT2D eigenvalue weighted by Gasteiger charge is -2.61. The summed E-state index contributed by atoms with van der Waals surface area (Å²) in [7, 11) is 0. The quantitative estimate of drug-likeness (QED) is 0.0970. The number of fused-ring (bicyclic) bond motifs is 7. The van der Waals surface area contributed by atoms with Gasteiger partial charge in [0.25, 0.3) is 0 Å². The summed E-state index contributed by atoms with van der Waals surface area (Å²) in [4.78, 5) is 0. The van der Waals surface area contributed by atoms with E-state index >= 15 is 0 Å². The summed E-state index contributed by atoms with van der Waals surface area (Å²) < 4.78 is 55.0. The molecule has 6 heterocycles. The van der Waals surface area contributed by atoms with Gasteiger partial charge in [-0.1, -0.05) is 27.7 Å². The van der Waals surface area contributed by atoms with Crippen LogP contribution in [0, 0.1) is 52.3 Å². The molecule has 1 spiro atoms. The van der Waals surface area contributed by atoms with Gasteiger partial charge in [-0.05, 0) is 111 Å². The molecule has 73 heavy (non-hydrogen) atoms. The maximum atomic E-state index is 11.8. The van der Waals surface area contributed by atoms with Crippen LogP contribution >= 0.6 is 12.4 Å². The Hall–Kier alpha value is -0.590. The lowest BCUT2D eigenvalue weighted by atomic mass is 9.44. The molecule has 0 aromatic rings. The van der Waals surface area contributed by atoms with Crippen molar-refractivity contribution in [3.8, 4) is 0 Å². The average molecular weight is 1070 g/mol. The molecule has 4 aliphatic carbocycles. The summed E-state index contributed by atoms with van der Waals surface area (Å²) in [5, 5.41) is 133. The van der Waals surface area contributed by atoms with Gasteiger partial charge in [0.05, 0.1) is 38.6 Å². The first-order valence-electron chi connectivity index (χ1n) is 26.8. The highest BCUT2D eigenvalue weighted by Crippen LogP contribution is 2.71. The highest BCUT2D eigenvalue weighted by molar-refractivity contribution is 5.85. The Bertz CT molecular complexity index is 1840. The monoisotopic (exact) mass is 1070 g/mol. The van der Waals surface area contributed by atoms with Gasteiger partial charge >= 0.3 is 0 Å². The van der Waals surface area contributed by atoms with Crippen molar-refractivity contribution < 1.29 is 104 Å². The molecule has 10 fully saturated rings. The second-order valence-corrected chi connectivity index (χ2v) is 24.0. The number of ether oxygens (including phenoxy) is 9. The molecular formula is C50H84ClNO21. The summed E-state index contributed by atoms with van der Waals surface area (Å²) in [5.41, 5.74) is 0.147. The number of nitrogens with one attached hydrogen (secondary N) is 1. The Labute approximate surface area is 432 Å². The summed E-state index contributed by atoms with van der Waals surface area (Å²) in [6, 6.07) is 0. The molecule has 422 valence electrons. The molecule has 6 saturated heterocycles. The normalized spacial score (nSPS) is 57.0. The van der Waals surface area contributed by atoms with Gasteiger partial charge in [0, 0.05) is 12.5 Å². The largest absolute Gasteiger partial charge is 0.394 e. The minimum Gasteiger partial charge on any atom is -0.394 e. The summed E-state index contributed by atoms with van der Waals surface area (Å²) in [6.45, 7) is 7.84. The predicted octanol–water partition coefficient (Wildman–Crippen LogP) is -2.28. The fourth-order valence-corrected chi connectivity index (χ4v) is 16.1. The molecule has 10 aliphatic rings. The van der Waals surface area contributed by atoms with Crippen LogP contribution in [0.4, 0.5) is 0 Å². The first-order chi connectivity index (χ1) is 34.3. The van der Waals surface area contributed by atoms with Crippen LogP contribution in [-0.2, 0) is 42.6 Å². The van der Waals surface area contributed by atoms with Crippen LogP contribution in [0.15, 0.2) is 0 Å². The van der Waals surface area contributed by atoms with E-state index in [9.17, 15) is 61.3 Å². The van der Waals surface area contributed by atoms with Crippen LogP contribution in [0.3, 0.4) is 0 Å². The molecule has 31 atom stereocenters. The van der Waals surface area contributed by atoms with Gasteiger partial charge in [-0.25, -0.2) is 0 Å². The van der Waals surface area contributed by atoms with Crippen molar-refractivity contribution in [2.24, 2.45) is 52.3 Å². The van der Waals surface area contributed by atoms with Gasteiger partial charge in [0.1, 0.15) is 97.3 Å². The Morgan fingerprint density at radius 2 is 1.16 bits per heavy atom. The Morgan fingerprint density at radius 1 is 0.548 bits per heavy atom. The van der Waals surface area contributed by atoms with Gasteiger partial charge in [-0.2, -0.15) is 0 Å². The number of halogens is 1. The SMILES string of the molecule is C[C@H]1CCC2(NC1)O[C@H]1C[C@H]3[C@@H]4CC[C@H]5C[C@@H](O[C@@H]6O[C@H](CO)[C@H](O[C@@H]7O[C@H](CO)[C@@H](O)[C@H](O[C@@H]8OC[C@@H](O)[C@H](O)[C@H]8O)[C@H]7O[C@@H]7O[C@H](CO)[C@@H](O)[C@H](O)[C@H]7O)[C@H](O)[C@H]6O)CC[C@]5(C)[C@H]4CC[C@]3(C)[C@H]1[C@@H]2C.Cl. The van der Waals surface area contributed by atoms with Gasteiger partial charge in [-0.3, -0.25) is 5.32 Å². The second-order valence-electron chi connectivity index (χ2n) is 24.0. The number of rotatable bonds is 11. The van der Waals surface area contributed by atoms with Crippen molar-refractivity contribution in [3.63, 3.8) is 0 Å². The minimum atomic E-state index is -1.99. The highest BCUT2D eigenvalue weighted by atomic mass is 35.5. The lowest BCUT2D eigenvalue weighted by molar-refractivity contribution is -0.404. The molecule has 23 heteroatoms. The Kier molecular flexibility index (Phi) is 17.3. The molecule has 0 amide bonds. The van der Waals surface area contributed by atoms with Crippen molar-refractivity contribution >= 4 is 12.4 Å².